The molecule has 0 heterocycles. The molecule has 46 valence electrons. The second kappa shape index (κ2) is 3.19. The van der Waals surface area contributed by atoms with Gasteiger partial charge in [0.15, 0.2) is 5.60 Å². The summed E-state index contributed by atoms with van der Waals surface area (Å²) >= 11 is 10.5. The van der Waals surface area contributed by atoms with Crippen LogP contribution in [0.2, 0.25) is 0 Å². The Labute approximate surface area is 58.6 Å². The number of hydrogen-bond acceptors (Lipinski definition) is 1. The molecule has 0 aromatic heterocycles. The number of halogens is 2. The summed E-state index contributed by atoms with van der Waals surface area (Å²) in [7, 11) is 0. The Hall–Kier alpha value is 0.100. The summed E-state index contributed by atoms with van der Waals surface area (Å²) in [6.07, 6.45) is 4.86. The van der Waals surface area contributed by atoms with E-state index in [1.807, 2.05) is 0 Å². The third-order valence-electron chi connectivity index (χ3n) is 0.711. The molecule has 0 saturated carbocycles. The normalized spacial score (nSPS) is 10.8. The van der Waals surface area contributed by atoms with E-state index in [0.717, 1.165) is 0 Å². The van der Waals surface area contributed by atoms with Gasteiger partial charge >= 0.3 is 0 Å². The van der Waals surface area contributed by atoms with Gasteiger partial charge in [-0.15, -0.1) is 29.6 Å². The van der Waals surface area contributed by atoms with Crippen LogP contribution in [0.25, 0.3) is 0 Å². The second-order valence-corrected chi connectivity index (χ2v) is 1.98. The molecular formula is C5H6Cl2O. The van der Waals surface area contributed by atoms with E-state index in [0.29, 0.717) is 0 Å². The number of alkyl halides is 2. The van der Waals surface area contributed by atoms with E-state index in [1.54, 1.807) is 0 Å². The molecule has 0 rings (SSSR count). The van der Waals surface area contributed by atoms with Crippen molar-refractivity contribution in [2.75, 3.05) is 11.8 Å². The Bertz CT molecular complexity index is 101. The smallest absolute Gasteiger partial charge is 0.152 e. The van der Waals surface area contributed by atoms with Crippen molar-refractivity contribution in [3.8, 4) is 12.3 Å². The average molecular weight is 153 g/mol. The Kier molecular flexibility index (Phi) is 3.23. The van der Waals surface area contributed by atoms with E-state index < -0.39 is 5.60 Å². The number of rotatable bonds is 2. The second-order valence-electron chi connectivity index (χ2n) is 1.44. The van der Waals surface area contributed by atoms with Crippen LogP contribution in [0.1, 0.15) is 0 Å². The van der Waals surface area contributed by atoms with Crippen LogP contribution in [-0.2, 0) is 0 Å². The van der Waals surface area contributed by atoms with Crippen LogP contribution >= 0.6 is 23.2 Å². The zero-order valence-corrected chi connectivity index (χ0v) is 5.71. The molecule has 0 spiro atoms. The fourth-order valence-electron chi connectivity index (χ4n) is 0.113. The van der Waals surface area contributed by atoms with Crippen LogP contribution in [0.3, 0.4) is 0 Å². The van der Waals surface area contributed by atoms with Crippen molar-refractivity contribution in [3.63, 3.8) is 0 Å². The van der Waals surface area contributed by atoms with Crippen LogP contribution in [0, 0.1) is 12.3 Å². The van der Waals surface area contributed by atoms with Gasteiger partial charge in [-0.25, -0.2) is 0 Å². The van der Waals surface area contributed by atoms with E-state index in [9.17, 15) is 0 Å². The summed E-state index contributed by atoms with van der Waals surface area (Å²) in [6.45, 7) is 0. The van der Waals surface area contributed by atoms with Crippen molar-refractivity contribution >= 4 is 23.2 Å². The van der Waals surface area contributed by atoms with Crippen molar-refractivity contribution in [2.24, 2.45) is 0 Å². The molecule has 0 saturated heterocycles. The Morgan fingerprint density at radius 3 is 1.88 bits per heavy atom. The summed E-state index contributed by atoms with van der Waals surface area (Å²) in [5, 5.41) is 8.94. The molecule has 0 radical (unpaired) electrons. The summed E-state index contributed by atoms with van der Waals surface area (Å²) in [4.78, 5) is 0. The van der Waals surface area contributed by atoms with Crippen molar-refractivity contribution in [1.82, 2.24) is 0 Å². The molecular weight excluding hydrogens is 147 g/mol. The molecule has 0 aromatic rings. The highest BCUT2D eigenvalue weighted by Gasteiger charge is 2.20. The molecule has 3 heteroatoms. The first-order valence-electron chi connectivity index (χ1n) is 2.00. The highest BCUT2D eigenvalue weighted by molar-refractivity contribution is 6.22. The first-order valence-corrected chi connectivity index (χ1v) is 3.07. The van der Waals surface area contributed by atoms with Gasteiger partial charge in [-0.2, -0.15) is 0 Å². The van der Waals surface area contributed by atoms with Crippen molar-refractivity contribution in [2.45, 2.75) is 5.60 Å². The van der Waals surface area contributed by atoms with Crippen LogP contribution in [0.4, 0.5) is 0 Å². The lowest BCUT2D eigenvalue weighted by Gasteiger charge is -2.13. The molecule has 0 aliphatic heterocycles. The lowest BCUT2D eigenvalue weighted by Crippen LogP contribution is -2.30. The Balaban J connectivity index is 3.83. The van der Waals surface area contributed by atoms with E-state index in [1.165, 1.54) is 0 Å². The fraction of sp³-hybridized carbons (Fsp3) is 0.600. The van der Waals surface area contributed by atoms with Gasteiger partial charge in [0.25, 0.3) is 0 Å². The molecule has 0 bridgehead atoms. The molecule has 8 heavy (non-hydrogen) atoms. The van der Waals surface area contributed by atoms with Gasteiger partial charge in [0.05, 0.1) is 11.8 Å². The number of hydrogen-bond donors (Lipinski definition) is 1. The molecule has 0 amide bonds. The average Bonchev–Trinajstić information content (AvgIpc) is 1.87. The van der Waals surface area contributed by atoms with Gasteiger partial charge in [0.1, 0.15) is 0 Å². The summed E-state index contributed by atoms with van der Waals surface area (Å²) in [5.74, 6) is 2.03. The van der Waals surface area contributed by atoms with E-state index >= 15 is 0 Å². The molecule has 0 aliphatic rings. The Morgan fingerprint density at radius 1 is 1.50 bits per heavy atom. The van der Waals surface area contributed by atoms with Gasteiger partial charge in [-0.05, 0) is 0 Å². The molecule has 1 N–H and O–H groups in total. The van der Waals surface area contributed by atoms with Gasteiger partial charge in [0.2, 0.25) is 0 Å². The SMILES string of the molecule is C#CC(O)(CCl)CCl. The predicted octanol–water partition coefficient (Wildman–Crippen LogP) is 0.828. The van der Waals surface area contributed by atoms with E-state index in [-0.39, 0.29) is 11.8 Å². The van der Waals surface area contributed by atoms with Gasteiger partial charge in [0, 0.05) is 0 Å². The minimum Gasteiger partial charge on any atom is -0.375 e. The van der Waals surface area contributed by atoms with Crippen LogP contribution in [0.15, 0.2) is 0 Å². The maximum atomic E-state index is 8.94. The van der Waals surface area contributed by atoms with Crippen molar-refractivity contribution in [1.29, 1.82) is 0 Å². The van der Waals surface area contributed by atoms with E-state index in [4.69, 9.17) is 34.7 Å². The third kappa shape index (κ3) is 1.92. The zero-order valence-electron chi connectivity index (χ0n) is 4.19. The van der Waals surface area contributed by atoms with Crippen molar-refractivity contribution in [3.05, 3.63) is 0 Å². The minimum absolute atomic E-state index is 0.0208. The highest BCUT2D eigenvalue weighted by Crippen LogP contribution is 2.06. The maximum Gasteiger partial charge on any atom is 0.152 e. The van der Waals surface area contributed by atoms with E-state index in [2.05, 4.69) is 5.92 Å². The van der Waals surface area contributed by atoms with Gasteiger partial charge in [-0.1, -0.05) is 5.92 Å². The monoisotopic (exact) mass is 152 g/mol. The molecule has 0 atom stereocenters. The predicted molar refractivity (Wildman–Crippen MR) is 35.2 cm³/mol. The highest BCUT2D eigenvalue weighted by atomic mass is 35.5. The lowest BCUT2D eigenvalue weighted by atomic mass is 10.1. The molecule has 0 aliphatic carbocycles. The molecule has 1 nitrogen and oxygen atoms in total. The van der Waals surface area contributed by atoms with Gasteiger partial charge < -0.3 is 5.11 Å². The summed E-state index contributed by atoms with van der Waals surface area (Å²) < 4.78 is 0. The zero-order chi connectivity index (χ0) is 6.62. The van der Waals surface area contributed by atoms with Crippen LogP contribution in [0.5, 0.6) is 0 Å². The third-order valence-corrected chi connectivity index (χ3v) is 1.60. The van der Waals surface area contributed by atoms with Crippen LogP contribution in [-0.4, -0.2) is 22.5 Å². The fourth-order valence-corrected chi connectivity index (χ4v) is 0.553. The standard InChI is InChI=1S/C5H6Cl2O/c1-2-5(8,3-6)4-7/h1,8H,3-4H2. The largest absolute Gasteiger partial charge is 0.375 e. The minimum atomic E-state index is -1.32. The first-order chi connectivity index (χ1) is 3.68. The quantitative estimate of drug-likeness (QED) is 0.460. The summed E-state index contributed by atoms with van der Waals surface area (Å²) in [5.41, 5.74) is -1.32. The first kappa shape index (κ1) is 8.10. The molecule has 0 fully saturated rings. The molecule has 0 unspecified atom stereocenters. The number of terminal acetylenes is 1. The summed E-state index contributed by atoms with van der Waals surface area (Å²) in [6, 6.07) is 0. The Morgan fingerprint density at radius 2 is 1.88 bits per heavy atom. The van der Waals surface area contributed by atoms with Gasteiger partial charge in [-0.3, -0.25) is 0 Å². The van der Waals surface area contributed by atoms with Crippen LogP contribution < -0.4 is 0 Å². The topological polar surface area (TPSA) is 20.2 Å². The number of aliphatic hydroxyl groups is 1. The maximum absolute atomic E-state index is 8.94. The molecule has 0 aromatic carbocycles. The lowest BCUT2D eigenvalue weighted by molar-refractivity contribution is 0.151. The van der Waals surface area contributed by atoms with Crippen molar-refractivity contribution < 1.29 is 5.11 Å².